The van der Waals surface area contributed by atoms with E-state index in [1.54, 1.807) is 12.1 Å². The standard InChI is InChI=1S/C11H10O3/c12-10(13)7-2-1-3-8-9(7)14-6-11(8)4-5-11/h1-3H,4-6H2,(H,12,13). The quantitative estimate of drug-likeness (QED) is 0.734. The van der Waals surface area contributed by atoms with Crippen molar-refractivity contribution in [2.75, 3.05) is 6.61 Å². The van der Waals surface area contributed by atoms with Gasteiger partial charge in [0.1, 0.15) is 11.3 Å². The lowest BCUT2D eigenvalue weighted by Crippen LogP contribution is -2.06. The molecule has 0 unspecified atom stereocenters. The smallest absolute Gasteiger partial charge is 0.339 e. The van der Waals surface area contributed by atoms with Crippen LogP contribution in [0.1, 0.15) is 28.8 Å². The number of aromatic carboxylic acids is 1. The molecule has 3 rings (SSSR count). The van der Waals surface area contributed by atoms with E-state index in [0.29, 0.717) is 17.9 Å². The molecule has 0 aromatic heterocycles. The third kappa shape index (κ3) is 0.842. The Morgan fingerprint density at radius 1 is 1.43 bits per heavy atom. The van der Waals surface area contributed by atoms with Gasteiger partial charge in [-0.2, -0.15) is 0 Å². The van der Waals surface area contributed by atoms with Gasteiger partial charge < -0.3 is 9.84 Å². The molecular formula is C11H10O3. The lowest BCUT2D eigenvalue weighted by Gasteiger charge is -2.04. The summed E-state index contributed by atoms with van der Waals surface area (Å²) in [7, 11) is 0. The number of ether oxygens (including phenoxy) is 1. The minimum Gasteiger partial charge on any atom is -0.491 e. The zero-order valence-corrected chi connectivity index (χ0v) is 7.62. The number of para-hydroxylation sites is 1. The normalized spacial score (nSPS) is 20.3. The zero-order chi connectivity index (χ0) is 9.76. The Kier molecular flexibility index (Phi) is 1.29. The molecule has 2 aliphatic rings. The van der Waals surface area contributed by atoms with Crippen LogP contribution in [0.4, 0.5) is 0 Å². The van der Waals surface area contributed by atoms with Crippen LogP contribution in [0.3, 0.4) is 0 Å². The van der Waals surface area contributed by atoms with E-state index in [0.717, 1.165) is 18.4 Å². The number of carboxylic acid groups (broad SMARTS) is 1. The maximum Gasteiger partial charge on any atom is 0.339 e. The third-order valence-corrected chi connectivity index (χ3v) is 3.16. The van der Waals surface area contributed by atoms with Crippen molar-refractivity contribution in [2.24, 2.45) is 0 Å². The molecule has 0 bridgehead atoms. The number of hydrogen-bond donors (Lipinski definition) is 1. The molecule has 3 heteroatoms. The molecule has 1 aromatic rings. The van der Waals surface area contributed by atoms with E-state index in [1.807, 2.05) is 6.07 Å². The fourth-order valence-corrected chi connectivity index (χ4v) is 2.13. The minimum atomic E-state index is -0.903. The molecule has 0 atom stereocenters. The molecule has 1 aliphatic carbocycles. The van der Waals surface area contributed by atoms with Crippen LogP contribution in [0.5, 0.6) is 5.75 Å². The highest BCUT2D eigenvalue weighted by Crippen LogP contribution is 2.56. The molecule has 0 saturated heterocycles. The van der Waals surface area contributed by atoms with Crippen molar-refractivity contribution in [3.05, 3.63) is 29.3 Å². The average Bonchev–Trinajstić information content (AvgIpc) is 2.85. The van der Waals surface area contributed by atoms with Gasteiger partial charge in [0, 0.05) is 11.0 Å². The van der Waals surface area contributed by atoms with E-state index >= 15 is 0 Å². The Balaban J connectivity index is 2.19. The summed E-state index contributed by atoms with van der Waals surface area (Å²) in [6, 6.07) is 5.39. The van der Waals surface area contributed by atoms with Crippen molar-refractivity contribution < 1.29 is 14.6 Å². The lowest BCUT2D eigenvalue weighted by molar-refractivity contribution is 0.0693. The van der Waals surface area contributed by atoms with Crippen LogP contribution in [0.15, 0.2) is 18.2 Å². The maximum absolute atomic E-state index is 10.9. The van der Waals surface area contributed by atoms with Gasteiger partial charge in [0.15, 0.2) is 0 Å². The largest absolute Gasteiger partial charge is 0.491 e. The second-order valence-electron chi connectivity index (χ2n) is 4.06. The Morgan fingerprint density at radius 3 is 2.86 bits per heavy atom. The number of fused-ring (bicyclic) bond motifs is 2. The van der Waals surface area contributed by atoms with Gasteiger partial charge in [0.25, 0.3) is 0 Å². The van der Waals surface area contributed by atoms with Crippen LogP contribution in [0.2, 0.25) is 0 Å². The Morgan fingerprint density at radius 2 is 2.21 bits per heavy atom. The van der Waals surface area contributed by atoms with Crippen LogP contribution < -0.4 is 4.74 Å². The number of carbonyl (C=O) groups is 1. The van der Waals surface area contributed by atoms with Crippen molar-refractivity contribution in [2.45, 2.75) is 18.3 Å². The van der Waals surface area contributed by atoms with E-state index in [9.17, 15) is 4.79 Å². The van der Waals surface area contributed by atoms with E-state index in [4.69, 9.17) is 9.84 Å². The molecule has 1 saturated carbocycles. The Hall–Kier alpha value is -1.51. The second-order valence-corrected chi connectivity index (χ2v) is 4.06. The first-order valence-electron chi connectivity index (χ1n) is 4.73. The summed E-state index contributed by atoms with van der Waals surface area (Å²) < 4.78 is 5.49. The van der Waals surface area contributed by atoms with E-state index in [2.05, 4.69) is 0 Å². The van der Waals surface area contributed by atoms with E-state index < -0.39 is 5.97 Å². The van der Waals surface area contributed by atoms with E-state index in [-0.39, 0.29) is 5.41 Å². The molecule has 0 radical (unpaired) electrons. The summed E-state index contributed by atoms with van der Waals surface area (Å²) >= 11 is 0. The van der Waals surface area contributed by atoms with Crippen molar-refractivity contribution in [3.63, 3.8) is 0 Å². The third-order valence-electron chi connectivity index (χ3n) is 3.16. The highest BCUT2D eigenvalue weighted by molar-refractivity contribution is 5.92. The van der Waals surface area contributed by atoms with Gasteiger partial charge in [-0.3, -0.25) is 0 Å². The zero-order valence-electron chi connectivity index (χ0n) is 7.62. The predicted octanol–water partition coefficient (Wildman–Crippen LogP) is 1.81. The highest BCUT2D eigenvalue weighted by atomic mass is 16.5. The molecule has 3 nitrogen and oxygen atoms in total. The van der Waals surface area contributed by atoms with Crippen LogP contribution in [0, 0.1) is 0 Å². The average molecular weight is 190 g/mol. The Bertz CT molecular complexity index is 419. The van der Waals surface area contributed by atoms with Gasteiger partial charge in [-0.1, -0.05) is 12.1 Å². The topological polar surface area (TPSA) is 46.5 Å². The first-order valence-corrected chi connectivity index (χ1v) is 4.73. The SMILES string of the molecule is O=C(O)c1cccc2c1OCC21CC1. The molecule has 1 spiro atoms. The highest BCUT2D eigenvalue weighted by Gasteiger charge is 2.51. The lowest BCUT2D eigenvalue weighted by atomic mass is 9.96. The maximum atomic E-state index is 10.9. The summed E-state index contributed by atoms with van der Waals surface area (Å²) in [6.45, 7) is 0.659. The van der Waals surface area contributed by atoms with E-state index in [1.165, 1.54) is 0 Å². The summed E-state index contributed by atoms with van der Waals surface area (Å²) in [5, 5.41) is 8.96. The summed E-state index contributed by atoms with van der Waals surface area (Å²) in [5.41, 5.74) is 1.56. The molecule has 0 amide bonds. The van der Waals surface area contributed by atoms with Crippen LogP contribution >= 0.6 is 0 Å². The molecule has 1 N–H and O–H groups in total. The number of hydrogen-bond acceptors (Lipinski definition) is 2. The number of carboxylic acids is 1. The van der Waals surface area contributed by atoms with Crippen molar-refractivity contribution >= 4 is 5.97 Å². The Labute approximate surface area is 81.3 Å². The van der Waals surface area contributed by atoms with Gasteiger partial charge in [-0.05, 0) is 18.9 Å². The van der Waals surface area contributed by atoms with Gasteiger partial charge in [0.2, 0.25) is 0 Å². The molecule has 1 heterocycles. The minimum absolute atomic E-state index is 0.167. The predicted molar refractivity (Wildman–Crippen MR) is 49.8 cm³/mol. The molecule has 14 heavy (non-hydrogen) atoms. The molecular weight excluding hydrogens is 180 g/mol. The molecule has 1 aliphatic heterocycles. The number of rotatable bonds is 1. The molecule has 1 fully saturated rings. The first kappa shape index (κ1) is 7.85. The van der Waals surface area contributed by atoms with Gasteiger partial charge >= 0.3 is 5.97 Å². The van der Waals surface area contributed by atoms with Gasteiger partial charge in [0.05, 0.1) is 6.61 Å². The van der Waals surface area contributed by atoms with Gasteiger partial charge in [-0.15, -0.1) is 0 Å². The van der Waals surface area contributed by atoms with Crippen LogP contribution in [-0.4, -0.2) is 17.7 Å². The van der Waals surface area contributed by atoms with Crippen LogP contribution in [0.25, 0.3) is 0 Å². The summed E-state index contributed by atoms with van der Waals surface area (Å²) in [6.07, 6.45) is 2.26. The van der Waals surface area contributed by atoms with Crippen molar-refractivity contribution in [1.29, 1.82) is 0 Å². The monoisotopic (exact) mass is 190 g/mol. The molecule has 1 aromatic carbocycles. The van der Waals surface area contributed by atoms with Crippen molar-refractivity contribution in [3.8, 4) is 5.75 Å². The second kappa shape index (κ2) is 2.29. The summed E-state index contributed by atoms with van der Waals surface area (Å²) in [4.78, 5) is 10.9. The molecule has 72 valence electrons. The van der Waals surface area contributed by atoms with Crippen LogP contribution in [-0.2, 0) is 5.41 Å². The fraction of sp³-hybridized carbons (Fsp3) is 0.364. The van der Waals surface area contributed by atoms with Gasteiger partial charge in [-0.25, -0.2) is 4.79 Å². The fourth-order valence-electron chi connectivity index (χ4n) is 2.13. The summed E-state index contributed by atoms with van der Waals surface area (Å²) in [5.74, 6) is -0.308. The van der Waals surface area contributed by atoms with Crippen molar-refractivity contribution in [1.82, 2.24) is 0 Å². The first-order chi connectivity index (χ1) is 6.73. The number of benzene rings is 1.